The van der Waals surface area contributed by atoms with Gasteiger partial charge in [-0.05, 0) is 56.9 Å². The summed E-state index contributed by atoms with van der Waals surface area (Å²) in [5.74, 6) is 0. The maximum absolute atomic E-state index is 11.7. The van der Waals surface area contributed by atoms with E-state index in [1.807, 2.05) is 78.9 Å². The van der Waals surface area contributed by atoms with Gasteiger partial charge in [-0.3, -0.25) is 15.1 Å². The molecule has 0 unspecified atom stereocenters. The number of hydrogen-bond donors (Lipinski definition) is 0. The molecule has 0 atom stereocenters. The second kappa shape index (κ2) is 8.85. The molecule has 0 aliphatic rings. The van der Waals surface area contributed by atoms with Crippen molar-refractivity contribution in [1.82, 2.24) is 0 Å². The zero-order valence-corrected chi connectivity index (χ0v) is 17.6. The van der Waals surface area contributed by atoms with Crippen LogP contribution in [-0.2, 0) is 0 Å². The molecule has 0 aromatic heterocycles. The Morgan fingerprint density at radius 2 is 1.15 bits per heavy atom. The molecular formula is C28H19N3O2. The van der Waals surface area contributed by atoms with Crippen molar-refractivity contribution in [2.24, 2.45) is 9.98 Å². The van der Waals surface area contributed by atoms with Crippen molar-refractivity contribution in [2.45, 2.75) is 0 Å². The fourth-order valence-electron chi connectivity index (χ4n) is 3.72. The first-order chi connectivity index (χ1) is 16.2. The van der Waals surface area contributed by atoms with Crippen molar-refractivity contribution in [3.63, 3.8) is 0 Å². The molecule has 0 fully saturated rings. The number of fused-ring (bicyclic) bond motifs is 2. The minimum Gasteiger partial charge on any atom is -0.258 e. The van der Waals surface area contributed by atoms with Crippen molar-refractivity contribution in [3.8, 4) is 0 Å². The Labute approximate surface area is 190 Å². The number of nitro benzene ring substituents is 1. The molecule has 0 bridgehead atoms. The van der Waals surface area contributed by atoms with Gasteiger partial charge in [-0.2, -0.15) is 0 Å². The molecule has 0 amide bonds. The maximum Gasteiger partial charge on any atom is 0.296 e. The molecule has 5 aromatic carbocycles. The average molecular weight is 429 g/mol. The molecule has 5 aromatic rings. The number of rotatable bonds is 5. The van der Waals surface area contributed by atoms with E-state index in [9.17, 15) is 10.1 Å². The molecule has 0 spiro atoms. The van der Waals surface area contributed by atoms with Gasteiger partial charge in [-0.25, -0.2) is 4.99 Å². The third-order valence-electron chi connectivity index (χ3n) is 5.42. The van der Waals surface area contributed by atoms with Crippen LogP contribution in [-0.4, -0.2) is 17.4 Å². The average Bonchev–Trinajstić information content (AvgIpc) is 2.86. The summed E-state index contributed by atoms with van der Waals surface area (Å²) in [6.07, 6.45) is 3.36. The van der Waals surface area contributed by atoms with Gasteiger partial charge < -0.3 is 0 Å². The van der Waals surface area contributed by atoms with E-state index in [0.717, 1.165) is 32.7 Å². The Kier molecular flexibility index (Phi) is 5.43. The quantitative estimate of drug-likeness (QED) is 0.166. The van der Waals surface area contributed by atoms with E-state index in [0.29, 0.717) is 5.69 Å². The minimum absolute atomic E-state index is 0.0831. The van der Waals surface area contributed by atoms with Crippen LogP contribution in [0.3, 0.4) is 0 Å². The van der Waals surface area contributed by atoms with Gasteiger partial charge in [-0.15, -0.1) is 0 Å². The van der Waals surface area contributed by atoms with Gasteiger partial charge in [0.2, 0.25) is 0 Å². The van der Waals surface area contributed by atoms with Crippen LogP contribution >= 0.6 is 0 Å². The van der Waals surface area contributed by atoms with E-state index >= 15 is 0 Å². The van der Waals surface area contributed by atoms with Crippen molar-refractivity contribution in [2.75, 3.05) is 0 Å². The summed E-state index contributed by atoms with van der Waals surface area (Å²) < 4.78 is 0. The monoisotopic (exact) mass is 429 g/mol. The zero-order valence-electron chi connectivity index (χ0n) is 17.6. The first-order valence-electron chi connectivity index (χ1n) is 10.5. The maximum atomic E-state index is 11.7. The highest BCUT2D eigenvalue weighted by Gasteiger charge is 2.13. The van der Waals surface area contributed by atoms with E-state index in [1.165, 1.54) is 6.07 Å². The predicted molar refractivity (Wildman–Crippen MR) is 136 cm³/mol. The van der Waals surface area contributed by atoms with Crippen LogP contribution in [0.1, 0.15) is 11.1 Å². The summed E-state index contributed by atoms with van der Waals surface area (Å²) in [5, 5.41) is 16.2. The molecule has 158 valence electrons. The first kappa shape index (κ1) is 20.3. The predicted octanol–water partition coefficient (Wildman–Crippen LogP) is 7.40. The molecule has 0 aliphatic heterocycles. The van der Waals surface area contributed by atoms with Gasteiger partial charge >= 0.3 is 0 Å². The molecule has 0 saturated heterocycles. The Hall–Kier alpha value is -4.64. The molecular weight excluding hydrogens is 410 g/mol. The zero-order chi connectivity index (χ0) is 22.6. The van der Waals surface area contributed by atoms with Gasteiger partial charge in [0.25, 0.3) is 5.69 Å². The second-order valence-corrected chi connectivity index (χ2v) is 7.66. The number of benzene rings is 5. The van der Waals surface area contributed by atoms with Crippen LogP contribution in [0.25, 0.3) is 21.5 Å². The van der Waals surface area contributed by atoms with E-state index in [-0.39, 0.29) is 11.4 Å². The Bertz CT molecular complexity index is 1550. The third-order valence-corrected chi connectivity index (χ3v) is 5.42. The number of nitrogens with zero attached hydrogens (tertiary/aromatic N) is 3. The smallest absolute Gasteiger partial charge is 0.258 e. The lowest BCUT2D eigenvalue weighted by molar-refractivity contribution is -0.384. The minimum atomic E-state index is -0.428. The molecule has 5 rings (SSSR count). The summed E-state index contributed by atoms with van der Waals surface area (Å²) in [6.45, 7) is 0. The van der Waals surface area contributed by atoms with Crippen molar-refractivity contribution >= 4 is 51.0 Å². The van der Waals surface area contributed by atoms with Crippen molar-refractivity contribution in [1.29, 1.82) is 0 Å². The second-order valence-electron chi connectivity index (χ2n) is 7.66. The van der Waals surface area contributed by atoms with Gasteiger partial charge in [0.1, 0.15) is 5.69 Å². The summed E-state index contributed by atoms with van der Waals surface area (Å²) >= 11 is 0. The van der Waals surface area contributed by atoms with Crippen LogP contribution in [0.2, 0.25) is 0 Å². The van der Waals surface area contributed by atoms with E-state index in [1.54, 1.807) is 24.6 Å². The molecule has 0 N–H and O–H groups in total. The molecule has 5 heteroatoms. The lowest BCUT2D eigenvalue weighted by Crippen LogP contribution is -1.89. The van der Waals surface area contributed by atoms with Crippen molar-refractivity contribution in [3.05, 3.63) is 124 Å². The van der Waals surface area contributed by atoms with Crippen LogP contribution in [0, 0.1) is 10.1 Å². The normalized spacial score (nSPS) is 11.6. The summed E-state index contributed by atoms with van der Waals surface area (Å²) in [6, 6.07) is 32.9. The van der Waals surface area contributed by atoms with E-state index in [4.69, 9.17) is 0 Å². The molecule has 0 saturated carbocycles. The number of hydrogen-bond acceptors (Lipinski definition) is 4. The number of nitro groups is 1. The topological polar surface area (TPSA) is 67.9 Å². The van der Waals surface area contributed by atoms with E-state index in [2.05, 4.69) is 16.1 Å². The molecule has 0 aliphatic carbocycles. The standard InChI is InChI=1S/C28H19N3O2/c32-31(33)28-17-26(29-18-20-9-11-22-5-1-3-7-24(22)15-20)13-14-27(28)30-19-21-10-12-23-6-2-4-8-25(23)16-21/h1-19H. The molecule has 0 heterocycles. The van der Waals surface area contributed by atoms with Crippen LogP contribution in [0.5, 0.6) is 0 Å². The lowest BCUT2D eigenvalue weighted by atomic mass is 10.1. The Morgan fingerprint density at radius 1 is 0.606 bits per heavy atom. The summed E-state index contributed by atoms with van der Waals surface area (Å²) in [5.41, 5.74) is 2.51. The third kappa shape index (κ3) is 4.52. The van der Waals surface area contributed by atoms with Gasteiger partial charge in [0.05, 0.1) is 10.6 Å². The molecule has 0 radical (unpaired) electrons. The van der Waals surface area contributed by atoms with Crippen LogP contribution in [0.15, 0.2) is 113 Å². The highest BCUT2D eigenvalue weighted by molar-refractivity contribution is 5.93. The first-order valence-corrected chi connectivity index (χ1v) is 10.5. The summed E-state index contributed by atoms with van der Waals surface area (Å²) in [4.78, 5) is 20.1. The van der Waals surface area contributed by atoms with Crippen molar-refractivity contribution < 1.29 is 4.92 Å². The van der Waals surface area contributed by atoms with Crippen LogP contribution in [0.4, 0.5) is 17.1 Å². The largest absolute Gasteiger partial charge is 0.296 e. The van der Waals surface area contributed by atoms with Gasteiger partial charge in [-0.1, -0.05) is 72.8 Å². The highest BCUT2D eigenvalue weighted by atomic mass is 16.6. The molecule has 5 nitrogen and oxygen atoms in total. The van der Waals surface area contributed by atoms with E-state index < -0.39 is 4.92 Å². The Morgan fingerprint density at radius 3 is 1.73 bits per heavy atom. The van der Waals surface area contributed by atoms with Gasteiger partial charge in [0.15, 0.2) is 0 Å². The van der Waals surface area contributed by atoms with Gasteiger partial charge in [0, 0.05) is 18.5 Å². The molecule has 33 heavy (non-hydrogen) atoms. The fourth-order valence-corrected chi connectivity index (χ4v) is 3.72. The SMILES string of the molecule is O=[N+]([O-])c1cc(N=Cc2ccc3ccccc3c2)ccc1N=Cc1ccc2ccccc2c1. The van der Waals surface area contributed by atoms with Crippen LogP contribution < -0.4 is 0 Å². The number of aliphatic imine (C=N–C) groups is 2. The highest BCUT2D eigenvalue weighted by Crippen LogP contribution is 2.31. The lowest BCUT2D eigenvalue weighted by Gasteiger charge is -2.01. The fraction of sp³-hybridized carbons (Fsp3) is 0. The summed E-state index contributed by atoms with van der Waals surface area (Å²) in [7, 11) is 0. The Balaban J connectivity index is 1.41.